The highest BCUT2D eigenvalue weighted by Gasteiger charge is 2.13. The molecule has 0 radical (unpaired) electrons. The Morgan fingerprint density at radius 1 is 1.10 bits per heavy atom. The van der Waals surface area contributed by atoms with E-state index in [2.05, 4.69) is 29.1 Å². The van der Waals surface area contributed by atoms with Crippen molar-refractivity contribution in [1.82, 2.24) is 0 Å². The van der Waals surface area contributed by atoms with Crippen molar-refractivity contribution in [2.24, 2.45) is 0 Å². The number of ether oxygens (including phenoxy) is 1. The first-order chi connectivity index (χ1) is 9.61. The van der Waals surface area contributed by atoms with Gasteiger partial charge in [-0.05, 0) is 42.7 Å². The number of aryl methyl sites for hydroxylation is 2. The Hall–Kier alpha value is -2.27. The van der Waals surface area contributed by atoms with Crippen LogP contribution in [0.1, 0.15) is 35.2 Å². The van der Waals surface area contributed by atoms with Gasteiger partial charge in [-0.2, -0.15) is 0 Å². The Labute approximate surface area is 120 Å². The third kappa shape index (κ3) is 3.19. The second-order valence-electron chi connectivity index (χ2n) is 5.06. The van der Waals surface area contributed by atoms with E-state index in [4.69, 9.17) is 11.3 Å². The summed E-state index contributed by atoms with van der Waals surface area (Å²) in [6.45, 7) is 13.7. The van der Waals surface area contributed by atoms with Gasteiger partial charge in [-0.1, -0.05) is 30.3 Å². The molecular weight excluding hydrogens is 246 g/mol. The summed E-state index contributed by atoms with van der Waals surface area (Å²) in [6, 6.07) is 14.1. The van der Waals surface area contributed by atoms with Crippen LogP contribution in [0.25, 0.3) is 4.85 Å². The van der Waals surface area contributed by atoms with E-state index in [1.54, 1.807) is 0 Å². The molecule has 2 rings (SSSR count). The average Bonchev–Trinajstić information content (AvgIpc) is 2.46. The Morgan fingerprint density at radius 3 is 2.25 bits per heavy atom. The van der Waals surface area contributed by atoms with Crippen LogP contribution in [0.5, 0.6) is 5.75 Å². The molecule has 2 aromatic rings. The predicted molar refractivity (Wildman–Crippen MR) is 81.7 cm³/mol. The van der Waals surface area contributed by atoms with Gasteiger partial charge in [0.15, 0.2) is 0 Å². The van der Waals surface area contributed by atoms with Crippen LogP contribution in [-0.4, -0.2) is 0 Å². The summed E-state index contributed by atoms with van der Waals surface area (Å²) in [5.74, 6) is 0.926. The third-order valence-electron chi connectivity index (χ3n) is 3.38. The molecule has 0 fully saturated rings. The Kier molecular flexibility index (Phi) is 4.42. The summed E-state index contributed by atoms with van der Waals surface area (Å²) in [5.41, 5.74) is 4.39. The standard InChI is InChI=1S/C18H19NO/c1-13-10-17(15(3)19-4)11-14(2)18(13)20-12-16-8-6-5-7-9-16/h5-11,15H,12H2,1-3H3. The van der Waals surface area contributed by atoms with E-state index in [1.807, 2.05) is 39.0 Å². The van der Waals surface area contributed by atoms with Gasteiger partial charge in [-0.25, -0.2) is 6.57 Å². The molecule has 1 unspecified atom stereocenters. The number of nitrogens with zero attached hydrogens (tertiary/aromatic N) is 1. The van der Waals surface area contributed by atoms with Crippen molar-refractivity contribution >= 4 is 0 Å². The molecule has 0 aliphatic rings. The van der Waals surface area contributed by atoms with E-state index in [9.17, 15) is 0 Å². The zero-order valence-corrected chi connectivity index (χ0v) is 12.2. The summed E-state index contributed by atoms with van der Waals surface area (Å²) in [5, 5.41) is 0. The molecule has 0 saturated carbocycles. The molecule has 0 aromatic heterocycles. The summed E-state index contributed by atoms with van der Waals surface area (Å²) in [6.07, 6.45) is 0. The molecule has 0 bridgehead atoms. The maximum atomic E-state index is 7.13. The molecule has 20 heavy (non-hydrogen) atoms. The van der Waals surface area contributed by atoms with Crippen LogP contribution in [0.3, 0.4) is 0 Å². The van der Waals surface area contributed by atoms with Gasteiger partial charge in [-0.15, -0.1) is 0 Å². The fraction of sp³-hybridized carbons (Fsp3) is 0.278. The molecule has 0 aliphatic heterocycles. The SMILES string of the molecule is [C-]#[N+]C(C)c1cc(C)c(OCc2ccccc2)c(C)c1. The number of benzene rings is 2. The molecule has 0 saturated heterocycles. The lowest BCUT2D eigenvalue weighted by Crippen LogP contribution is -2.00. The normalized spacial score (nSPS) is 11.7. The second kappa shape index (κ2) is 6.25. The molecule has 2 nitrogen and oxygen atoms in total. The summed E-state index contributed by atoms with van der Waals surface area (Å²) >= 11 is 0. The average molecular weight is 265 g/mol. The van der Waals surface area contributed by atoms with Crippen molar-refractivity contribution in [2.45, 2.75) is 33.4 Å². The van der Waals surface area contributed by atoms with Crippen molar-refractivity contribution in [3.8, 4) is 5.75 Å². The van der Waals surface area contributed by atoms with Gasteiger partial charge in [-0.3, -0.25) is 0 Å². The number of hydrogen-bond acceptors (Lipinski definition) is 1. The lowest BCUT2D eigenvalue weighted by Gasteiger charge is -2.14. The van der Waals surface area contributed by atoms with Crippen molar-refractivity contribution in [3.63, 3.8) is 0 Å². The highest BCUT2D eigenvalue weighted by atomic mass is 16.5. The molecular formula is C18H19NO. The molecule has 0 aliphatic carbocycles. The zero-order valence-electron chi connectivity index (χ0n) is 12.2. The fourth-order valence-corrected chi connectivity index (χ4v) is 2.26. The van der Waals surface area contributed by atoms with E-state index in [0.717, 1.165) is 28.0 Å². The van der Waals surface area contributed by atoms with E-state index in [1.165, 1.54) is 0 Å². The highest BCUT2D eigenvalue weighted by Crippen LogP contribution is 2.29. The minimum absolute atomic E-state index is 0.101. The van der Waals surface area contributed by atoms with Gasteiger partial charge in [0.2, 0.25) is 6.04 Å². The first-order valence-corrected chi connectivity index (χ1v) is 6.76. The van der Waals surface area contributed by atoms with Gasteiger partial charge >= 0.3 is 0 Å². The molecule has 0 spiro atoms. The lowest BCUT2D eigenvalue weighted by atomic mass is 10.0. The first kappa shape index (κ1) is 14.1. The van der Waals surface area contributed by atoms with Crippen LogP contribution in [0.15, 0.2) is 42.5 Å². The molecule has 0 N–H and O–H groups in total. The van der Waals surface area contributed by atoms with Gasteiger partial charge < -0.3 is 9.58 Å². The van der Waals surface area contributed by atoms with E-state index < -0.39 is 0 Å². The largest absolute Gasteiger partial charge is 0.488 e. The summed E-state index contributed by atoms with van der Waals surface area (Å²) < 4.78 is 5.94. The quantitative estimate of drug-likeness (QED) is 0.719. The minimum Gasteiger partial charge on any atom is -0.488 e. The van der Waals surface area contributed by atoms with E-state index in [0.29, 0.717) is 6.61 Å². The zero-order chi connectivity index (χ0) is 14.5. The van der Waals surface area contributed by atoms with Gasteiger partial charge in [0, 0.05) is 12.5 Å². The van der Waals surface area contributed by atoms with Crippen molar-refractivity contribution in [2.75, 3.05) is 0 Å². The lowest BCUT2D eigenvalue weighted by molar-refractivity contribution is 0.302. The maximum absolute atomic E-state index is 7.13. The van der Waals surface area contributed by atoms with Crippen LogP contribution in [-0.2, 0) is 6.61 Å². The van der Waals surface area contributed by atoms with Crippen molar-refractivity contribution < 1.29 is 4.74 Å². The fourth-order valence-electron chi connectivity index (χ4n) is 2.26. The van der Waals surface area contributed by atoms with Crippen molar-refractivity contribution in [3.05, 3.63) is 76.1 Å². The molecule has 1 atom stereocenters. The molecule has 0 amide bonds. The van der Waals surface area contributed by atoms with E-state index >= 15 is 0 Å². The third-order valence-corrected chi connectivity index (χ3v) is 3.38. The van der Waals surface area contributed by atoms with Crippen LogP contribution in [0.2, 0.25) is 0 Å². The van der Waals surface area contributed by atoms with Gasteiger partial charge in [0.25, 0.3) is 0 Å². The van der Waals surface area contributed by atoms with Crippen LogP contribution in [0.4, 0.5) is 0 Å². The van der Waals surface area contributed by atoms with Crippen molar-refractivity contribution in [1.29, 1.82) is 0 Å². The smallest absolute Gasteiger partial charge is 0.246 e. The first-order valence-electron chi connectivity index (χ1n) is 6.76. The number of hydrogen-bond donors (Lipinski definition) is 0. The molecule has 2 heteroatoms. The Balaban J connectivity index is 2.19. The van der Waals surface area contributed by atoms with Gasteiger partial charge in [0.05, 0.1) is 0 Å². The van der Waals surface area contributed by atoms with Crippen LogP contribution >= 0.6 is 0 Å². The maximum Gasteiger partial charge on any atom is 0.246 e. The Bertz CT molecular complexity index is 603. The van der Waals surface area contributed by atoms with Gasteiger partial charge in [0.1, 0.15) is 12.4 Å². The Morgan fingerprint density at radius 2 is 1.70 bits per heavy atom. The van der Waals surface area contributed by atoms with Crippen LogP contribution < -0.4 is 4.74 Å². The topological polar surface area (TPSA) is 13.6 Å². The second-order valence-corrected chi connectivity index (χ2v) is 5.06. The molecule has 102 valence electrons. The summed E-state index contributed by atoms with van der Waals surface area (Å²) in [7, 11) is 0. The molecule has 2 aromatic carbocycles. The minimum atomic E-state index is -0.101. The predicted octanol–water partition coefficient (Wildman–Crippen LogP) is 4.86. The number of rotatable bonds is 4. The van der Waals surface area contributed by atoms with E-state index in [-0.39, 0.29) is 6.04 Å². The summed E-state index contributed by atoms with van der Waals surface area (Å²) in [4.78, 5) is 3.57. The van der Waals surface area contributed by atoms with Crippen LogP contribution in [0, 0.1) is 20.4 Å². The highest BCUT2D eigenvalue weighted by molar-refractivity contribution is 5.44. The molecule has 0 heterocycles. The monoisotopic (exact) mass is 265 g/mol.